The van der Waals surface area contributed by atoms with Gasteiger partial charge in [-0.05, 0) is 38.1 Å². The topological polar surface area (TPSA) is 29.9 Å². The molecule has 0 radical (unpaired) electrons. The van der Waals surface area contributed by atoms with Crippen molar-refractivity contribution in [1.82, 2.24) is 14.9 Å². The molecular formula is C16H23N3. The van der Waals surface area contributed by atoms with Crippen molar-refractivity contribution in [1.29, 1.82) is 0 Å². The van der Waals surface area contributed by atoms with Crippen LogP contribution >= 0.6 is 0 Å². The van der Waals surface area contributed by atoms with Gasteiger partial charge in [-0.2, -0.15) is 0 Å². The minimum absolute atomic E-state index is 0.848. The van der Waals surface area contributed by atoms with Gasteiger partial charge in [0.05, 0.1) is 11.0 Å². The van der Waals surface area contributed by atoms with Crippen LogP contribution in [0.4, 0.5) is 0 Å². The molecule has 0 aliphatic heterocycles. The Labute approximate surface area is 115 Å². The van der Waals surface area contributed by atoms with Gasteiger partial charge < -0.3 is 9.88 Å². The number of imidazole rings is 1. The molecule has 0 spiro atoms. The summed E-state index contributed by atoms with van der Waals surface area (Å²) in [5.41, 5.74) is 4.82. The van der Waals surface area contributed by atoms with Gasteiger partial charge in [-0.1, -0.05) is 25.1 Å². The van der Waals surface area contributed by atoms with Crippen molar-refractivity contribution in [2.75, 3.05) is 13.6 Å². The molecule has 1 aromatic carbocycles. The minimum atomic E-state index is 0.848. The molecule has 102 valence electrons. The number of aryl methyl sites for hydroxylation is 1. The first-order valence-corrected chi connectivity index (χ1v) is 6.92. The molecule has 0 unspecified atom stereocenters. The number of likely N-dealkylation sites (N-methyl/N-ethyl adjacent to an activating group) is 1. The fourth-order valence-electron chi connectivity index (χ4n) is 2.32. The van der Waals surface area contributed by atoms with Crippen LogP contribution in [0.2, 0.25) is 0 Å². The number of aromatic nitrogens is 2. The third-order valence-electron chi connectivity index (χ3n) is 3.33. The summed E-state index contributed by atoms with van der Waals surface area (Å²) in [6, 6.07) is 6.58. The highest BCUT2D eigenvalue weighted by atomic mass is 15.1. The zero-order valence-corrected chi connectivity index (χ0v) is 12.2. The van der Waals surface area contributed by atoms with Gasteiger partial charge in [0, 0.05) is 19.5 Å². The highest BCUT2D eigenvalue weighted by Gasteiger charge is 2.10. The number of hydrogen-bond donors (Lipinski definition) is 1. The zero-order chi connectivity index (χ0) is 13.8. The van der Waals surface area contributed by atoms with Crippen molar-refractivity contribution in [2.24, 2.45) is 0 Å². The molecule has 2 rings (SSSR count). The number of hydrogen-bond acceptors (Lipinski definition) is 2. The predicted molar refractivity (Wildman–Crippen MR) is 81.6 cm³/mol. The van der Waals surface area contributed by atoms with E-state index in [0.29, 0.717) is 0 Å². The SMILES string of the molecule is C=C(C)Cn1c(CCNC)nc2cc(CC)ccc21. The largest absolute Gasteiger partial charge is 0.324 e. The molecule has 1 N–H and O–H groups in total. The van der Waals surface area contributed by atoms with Crippen molar-refractivity contribution in [3.05, 3.63) is 41.7 Å². The third kappa shape index (κ3) is 3.04. The van der Waals surface area contributed by atoms with Crippen molar-refractivity contribution in [3.8, 4) is 0 Å². The maximum atomic E-state index is 4.79. The Balaban J connectivity index is 2.48. The van der Waals surface area contributed by atoms with Gasteiger partial charge in [-0.15, -0.1) is 0 Å². The summed E-state index contributed by atoms with van der Waals surface area (Å²) >= 11 is 0. The molecule has 0 aliphatic carbocycles. The maximum Gasteiger partial charge on any atom is 0.111 e. The molecule has 1 heterocycles. The summed E-state index contributed by atoms with van der Waals surface area (Å²) in [6.45, 7) is 10.1. The summed E-state index contributed by atoms with van der Waals surface area (Å²) in [5.74, 6) is 1.14. The molecule has 0 atom stereocenters. The van der Waals surface area contributed by atoms with E-state index >= 15 is 0 Å². The summed E-state index contributed by atoms with van der Waals surface area (Å²) in [7, 11) is 1.97. The van der Waals surface area contributed by atoms with Gasteiger partial charge in [-0.3, -0.25) is 0 Å². The van der Waals surface area contributed by atoms with Crippen LogP contribution in [0.15, 0.2) is 30.4 Å². The van der Waals surface area contributed by atoms with Crippen LogP contribution in [0.25, 0.3) is 11.0 Å². The molecule has 3 heteroatoms. The first-order chi connectivity index (χ1) is 9.15. The van der Waals surface area contributed by atoms with E-state index in [9.17, 15) is 0 Å². The number of nitrogens with zero attached hydrogens (tertiary/aromatic N) is 2. The van der Waals surface area contributed by atoms with Crippen molar-refractivity contribution < 1.29 is 0 Å². The van der Waals surface area contributed by atoms with Gasteiger partial charge in [0.15, 0.2) is 0 Å². The molecule has 0 aliphatic rings. The molecule has 0 bridgehead atoms. The smallest absolute Gasteiger partial charge is 0.111 e. The molecule has 2 aromatic rings. The summed E-state index contributed by atoms with van der Waals surface area (Å²) in [6.07, 6.45) is 2.00. The number of rotatable bonds is 6. The second-order valence-corrected chi connectivity index (χ2v) is 5.10. The number of nitrogens with one attached hydrogen (secondary N) is 1. The van der Waals surface area contributed by atoms with E-state index in [0.717, 1.165) is 42.8 Å². The number of allylic oxidation sites excluding steroid dienone is 1. The van der Waals surface area contributed by atoms with Crippen LogP contribution < -0.4 is 5.32 Å². The summed E-state index contributed by atoms with van der Waals surface area (Å²) in [4.78, 5) is 4.79. The van der Waals surface area contributed by atoms with Gasteiger partial charge >= 0.3 is 0 Å². The van der Waals surface area contributed by atoms with Crippen LogP contribution in [0.1, 0.15) is 25.2 Å². The quantitative estimate of drug-likeness (QED) is 0.806. The van der Waals surface area contributed by atoms with Crippen molar-refractivity contribution in [2.45, 2.75) is 33.2 Å². The van der Waals surface area contributed by atoms with Gasteiger partial charge in [-0.25, -0.2) is 4.98 Å². The van der Waals surface area contributed by atoms with Crippen LogP contribution in [0, 0.1) is 0 Å². The lowest BCUT2D eigenvalue weighted by Crippen LogP contribution is -2.14. The Morgan fingerprint density at radius 2 is 2.21 bits per heavy atom. The number of benzene rings is 1. The fraction of sp³-hybridized carbons (Fsp3) is 0.438. The first kappa shape index (κ1) is 13.8. The maximum absolute atomic E-state index is 4.79. The second-order valence-electron chi connectivity index (χ2n) is 5.10. The van der Waals surface area contributed by atoms with Crippen LogP contribution in [-0.2, 0) is 19.4 Å². The summed E-state index contributed by atoms with van der Waals surface area (Å²) in [5, 5.41) is 3.19. The fourth-order valence-corrected chi connectivity index (χ4v) is 2.32. The lowest BCUT2D eigenvalue weighted by Gasteiger charge is -2.09. The molecule has 0 fully saturated rings. The van der Waals surface area contributed by atoms with E-state index < -0.39 is 0 Å². The van der Waals surface area contributed by atoms with Crippen molar-refractivity contribution >= 4 is 11.0 Å². The minimum Gasteiger partial charge on any atom is -0.324 e. The van der Waals surface area contributed by atoms with Gasteiger partial charge in [0.2, 0.25) is 0 Å². The molecule has 19 heavy (non-hydrogen) atoms. The Kier molecular flexibility index (Phi) is 4.38. The molecule has 0 amide bonds. The van der Waals surface area contributed by atoms with E-state index in [-0.39, 0.29) is 0 Å². The highest BCUT2D eigenvalue weighted by Crippen LogP contribution is 2.20. The predicted octanol–water partition coefficient (Wildman–Crippen LogP) is 2.94. The monoisotopic (exact) mass is 257 g/mol. The Bertz CT molecular complexity index is 581. The zero-order valence-electron chi connectivity index (χ0n) is 12.2. The van der Waals surface area contributed by atoms with E-state index in [4.69, 9.17) is 4.98 Å². The normalized spacial score (nSPS) is 11.1. The lowest BCUT2D eigenvalue weighted by molar-refractivity contribution is 0.692. The van der Waals surface area contributed by atoms with E-state index in [1.54, 1.807) is 0 Å². The van der Waals surface area contributed by atoms with E-state index in [1.807, 2.05) is 7.05 Å². The second kappa shape index (κ2) is 6.02. The van der Waals surface area contributed by atoms with E-state index in [2.05, 4.69) is 48.5 Å². The molecule has 0 saturated heterocycles. The Morgan fingerprint density at radius 3 is 2.84 bits per heavy atom. The standard InChI is InChI=1S/C16H23N3/c1-5-13-6-7-15-14(10-13)18-16(8-9-17-4)19(15)11-12(2)3/h6-7,10,17H,2,5,8-9,11H2,1,3-4H3. The van der Waals surface area contributed by atoms with E-state index in [1.165, 1.54) is 11.1 Å². The van der Waals surface area contributed by atoms with Crippen LogP contribution in [-0.4, -0.2) is 23.1 Å². The average molecular weight is 257 g/mol. The summed E-state index contributed by atoms with van der Waals surface area (Å²) < 4.78 is 2.29. The molecular weight excluding hydrogens is 234 g/mol. The lowest BCUT2D eigenvalue weighted by atomic mass is 10.1. The average Bonchev–Trinajstić information content (AvgIpc) is 2.73. The molecule has 1 aromatic heterocycles. The van der Waals surface area contributed by atoms with Crippen molar-refractivity contribution in [3.63, 3.8) is 0 Å². The van der Waals surface area contributed by atoms with Crippen LogP contribution in [0.5, 0.6) is 0 Å². The Morgan fingerprint density at radius 1 is 1.42 bits per heavy atom. The highest BCUT2D eigenvalue weighted by molar-refractivity contribution is 5.77. The first-order valence-electron chi connectivity index (χ1n) is 6.92. The third-order valence-corrected chi connectivity index (χ3v) is 3.33. The van der Waals surface area contributed by atoms with Gasteiger partial charge in [0.25, 0.3) is 0 Å². The molecule has 3 nitrogen and oxygen atoms in total. The Hall–Kier alpha value is -1.61. The number of fused-ring (bicyclic) bond motifs is 1. The van der Waals surface area contributed by atoms with Gasteiger partial charge in [0.1, 0.15) is 5.82 Å². The molecule has 0 saturated carbocycles. The van der Waals surface area contributed by atoms with Crippen LogP contribution in [0.3, 0.4) is 0 Å².